The van der Waals surface area contributed by atoms with E-state index in [1.807, 2.05) is 42.5 Å². The predicted molar refractivity (Wildman–Crippen MR) is 74.2 cm³/mol. The number of fused-ring (bicyclic) bond motifs is 1. The molecule has 3 N–H and O–H groups in total. The van der Waals surface area contributed by atoms with Crippen molar-refractivity contribution in [2.45, 2.75) is 19.4 Å². The Morgan fingerprint density at radius 1 is 1.00 bits per heavy atom. The molecule has 4 nitrogen and oxygen atoms in total. The maximum atomic E-state index is 11.5. The summed E-state index contributed by atoms with van der Waals surface area (Å²) < 4.78 is 0. The third kappa shape index (κ3) is 3.55. The average Bonchev–Trinajstić information content (AvgIpc) is 2.42. The smallest absolute Gasteiger partial charge is 0.220 e. The monoisotopic (exact) mass is 256 g/mol. The summed E-state index contributed by atoms with van der Waals surface area (Å²) in [5.41, 5.74) is 6.06. The standard InChI is InChI=1S/C15H16N2O2/c16-14(18)8-9-15(19)17-10-12-6-3-5-11-4-1-2-7-13(11)12/h1-7H,8-10H2,(H2,16,18)(H,17,19). The van der Waals surface area contributed by atoms with Crippen LogP contribution in [0.4, 0.5) is 0 Å². The molecule has 0 atom stereocenters. The van der Waals surface area contributed by atoms with E-state index in [1.165, 1.54) is 0 Å². The number of hydrogen-bond donors (Lipinski definition) is 2. The summed E-state index contributed by atoms with van der Waals surface area (Å²) in [6.07, 6.45) is 0.224. The first-order valence-corrected chi connectivity index (χ1v) is 6.18. The summed E-state index contributed by atoms with van der Waals surface area (Å²) in [4.78, 5) is 22.1. The topological polar surface area (TPSA) is 72.2 Å². The lowest BCUT2D eigenvalue weighted by Crippen LogP contribution is -2.24. The van der Waals surface area contributed by atoms with Crippen molar-refractivity contribution in [2.24, 2.45) is 5.73 Å². The molecule has 4 heteroatoms. The largest absolute Gasteiger partial charge is 0.370 e. The van der Waals surface area contributed by atoms with Gasteiger partial charge in [0.15, 0.2) is 0 Å². The van der Waals surface area contributed by atoms with Gasteiger partial charge in [-0.2, -0.15) is 0 Å². The Kier molecular flexibility index (Phi) is 4.13. The molecule has 0 aliphatic rings. The Morgan fingerprint density at radius 3 is 2.53 bits per heavy atom. The number of amides is 2. The van der Waals surface area contributed by atoms with Crippen molar-refractivity contribution >= 4 is 22.6 Å². The minimum atomic E-state index is -0.458. The molecule has 2 aromatic rings. The second-order valence-corrected chi connectivity index (χ2v) is 4.38. The van der Waals surface area contributed by atoms with Crippen LogP contribution in [0.5, 0.6) is 0 Å². The maximum absolute atomic E-state index is 11.5. The van der Waals surface area contributed by atoms with E-state index in [9.17, 15) is 9.59 Å². The molecule has 2 rings (SSSR count). The fourth-order valence-electron chi connectivity index (χ4n) is 1.97. The van der Waals surface area contributed by atoms with E-state index in [1.54, 1.807) is 0 Å². The maximum Gasteiger partial charge on any atom is 0.220 e. The van der Waals surface area contributed by atoms with E-state index in [4.69, 9.17) is 5.73 Å². The first kappa shape index (κ1) is 13.1. The Hall–Kier alpha value is -2.36. The van der Waals surface area contributed by atoms with Crippen LogP contribution >= 0.6 is 0 Å². The molecule has 0 aliphatic heterocycles. The van der Waals surface area contributed by atoms with Gasteiger partial charge >= 0.3 is 0 Å². The first-order valence-electron chi connectivity index (χ1n) is 6.18. The van der Waals surface area contributed by atoms with E-state index >= 15 is 0 Å². The van der Waals surface area contributed by atoms with Gasteiger partial charge in [-0.25, -0.2) is 0 Å². The number of primary amides is 1. The number of nitrogens with one attached hydrogen (secondary N) is 1. The van der Waals surface area contributed by atoms with Gasteiger partial charge in [0.2, 0.25) is 11.8 Å². The van der Waals surface area contributed by atoms with Crippen molar-refractivity contribution in [1.29, 1.82) is 0 Å². The van der Waals surface area contributed by atoms with Crippen LogP contribution in [-0.4, -0.2) is 11.8 Å². The van der Waals surface area contributed by atoms with E-state index in [-0.39, 0.29) is 18.7 Å². The molecule has 98 valence electrons. The summed E-state index contributed by atoms with van der Waals surface area (Å²) in [5.74, 6) is -0.618. The lowest BCUT2D eigenvalue weighted by Gasteiger charge is -2.08. The number of carbonyl (C=O) groups is 2. The van der Waals surface area contributed by atoms with Gasteiger partial charge in [0.05, 0.1) is 0 Å². The molecule has 0 bridgehead atoms. The number of benzene rings is 2. The second kappa shape index (κ2) is 6.00. The molecular weight excluding hydrogens is 240 g/mol. The van der Waals surface area contributed by atoms with E-state index < -0.39 is 5.91 Å². The SMILES string of the molecule is NC(=O)CCC(=O)NCc1cccc2ccccc12. The molecule has 0 heterocycles. The van der Waals surface area contributed by atoms with Gasteiger partial charge in [0, 0.05) is 19.4 Å². The van der Waals surface area contributed by atoms with Crippen LogP contribution in [0.15, 0.2) is 42.5 Å². The van der Waals surface area contributed by atoms with Crippen molar-refractivity contribution in [3.63, 3.8) is 0 Å². The fourth-order valence-corrected chi connectivity index (χ4v) is 1.97. The number of rotatable bonds is 5. The molecule has 0 unspecified atom stereocenters. The predicted octanol–water partition coefficient (Wildman–Crippen LogP) is 1.72. The summed E-state index contributed by atoms with van der Waals surface area (Å²) in [5, 5.41) is 5.07. The minimum Gasteiger partial charge on any atom is -0.370 e. The quantitative estimate of drug-likeness (QED) is 0.855. The van der Waals surface area contributed by atoms with Crippen molar-refractivity contribution in [3.05, 3.63) is 48.0 Å². The minimum absolute atomic E-state index is 0.0847. The van der Waals surface area contributed by atoms with Crippen LogP contribution in [0.3, 0.4) is 0 Å². The molecular formula is C15H16N2O2. The molecule has 2 amide bonds. The van der Waals surface area contributed by atoms with E-state index in [2.05, 4.69) is 5.32 Å². The Bertz CT molecular complexity index is 603. The molecule has 0 aromatic heterocycles. The average molecular weight is 256 g/mol. The number of hydrogen-bond acceptors (Lipinski definition) is 2. The van der Waals surface area contributed by atoms with Gasteiger partial charge in [-0.15, -0.1) is 0 Å². The van der Waals surface area contributed by atoms with Crippen LogP contribution in [0.2, 0.25) is 0 Å². The lowest BCUT2D eigenvalue weighted by molar-refractivity contribution is -0.125. The third-order valence-corrected chi connectivity index (χ3v) is 2.95. The molecule has 0 saturated heterocycles. The lowest BCUT2D eigenvalue weighted by atomic mass is 10.0. The molecule has 0 spiro atoms. The van der Waals surface area contributed by atoms with Gasteiger partial charge in [-0.1, -0.05) is 42.5 Å². The molecule has 0 aliphatic carbocycles. The number of nitrogens with two attached hydrogens (primary N) is 1. The first-order chi connectivity index (χ1) is 9.16. The van der Waals surface area contributed by atoms with Crippen LogP contribution in [-0.2, 0) is 16.1 Å². The third-order valence-electron chi connectivity index (χ3n) is 2.95. The highest BCUT2D eigenvalue weighted by molar-refractivity contribution is 5.86. The van der Waals surface area contributed by atoms with Gasteiger partial charge < -0.3 is 11.1 Å². The summed E-state index contributed by atoms with van der Waals surface area (Å²) >= 11 is 0. The highest BCUT2D eigenvalue weighted by atomic mass is 16.2. The second-order valence-electron chi connectivity index (χ2n) is 4.38. The van der Waals surface area contributed by atoms with Crippen LogP contribution in [0.1, 0.15) is 18.4 Å². The van der Waals surface area contributed by atoms with Gasteiger partial charge in [0.25, 0.3) is 0 Å². The molecule has 0 fully saturated rings. The molecule has 2 aromatic carbocycles. The van der Waals surface area contributed by atoms with Crippen molar-refractivity contribution in [1.82, 2.24) is 5.32 Å². The van der Waals surface area contributed by atoms with Crippen molar-refractivity contribution < 1.29 is 9.59 Å². The van der Waals surface area contributed by atoms with E-state index in [0.29, 0.717) is 6.54 Å². The fraction of sp³-hybridized carbons (Fsp3) is 0.200. The molecule has 0 radical (unpaired) electrons. The normalized spacial score (nSPS) is 10.3. The van der Waals surface area contributed by atoms with E-state index in [0.717, 1.165) is 16.3 Å². The summed E-state index contributed by atoms with van der Waals surface area (Å²) in [6.45, 7) is 0.457. The summed E-state index contributed by atoms with van der Waals surface area (Å²) in [6, 6.07) is 14.0. The van der Waals surface area contributed by atoms with Crippen LogP contribution < -0.4 is 11.1 Å². The summed E-state index contributed by atoms with van der Waals surface area (Å²) in [7, 11) is 0. The van der Waals surface area contributed by atoms with Gasteiger partial charge in [-0.05, 0) is 16.3 Å². The molecule has 19 heavy (non-hydrogen) atoms. The zero-order chi connectivity index (χ0) is 13.7. The zero-order valence-electron chi connectivity index (χ0n) is 10.6. The van der Waals surface area contributed by atoms with Crippen LogP contribution in [0, 0.1) is 0 Å². The number of carbonyl (C=O) groups excluding carboxylic acids is 2. The highest BCUT2D eigenvalue weighted by Crippen LogP contribution is 2.18. The van der Waals surface area contributed by atoms with Gasteiger partial charge in [0.1, 0.15) is 0 Å². The zero-order valence-corrected chi connectivity index (χ0v) is 10.6. The Morgan fingerprint density at radius 2 is 1.74 bits per heavy atom. The molecule has 0 saturated carbocycles. The Labute approximate surface area is 111 Å². The Balaban J connectivity index is 2.02. The van der Waals surface area contributed by atoms with Crippen LogP contribution in [0.25, 0.3) is 10.8 Å². The van der Waals surface area contributed by atoms with Gasteiger partial charge in [-0.3, -0.25) is 9.59 Å². The van der Waals surface area contributed by atoms with Crippen molar-refractivity contribution in [3.8, 4) is 0 Å². The highest BCUT2D eigenvalue weighted by Gasteiger charge is 2.05. The van der Waals surface area contributed by atoms with Crippen molar-refractivity contribution in [2.75, 3.05) is 0 Å².